The molecule has 1 rings (SSSR count). The van der Waals surface area contributed by atoms with Gasteiger partial charge in [-0.1, -0.05) is 0 Å². The molecular weight excluding hydrogens is 178 g/mol. The van der Waals surface area contributed by atoms with Crippen molar-refractivity contribution < 1.29 is 8.42 Å². The summed E-state index contributed by atoms with van der Waals surface area (Å²) < 4.78 is 23.5. The molecule has 0 spiro atoms. The first-order chi connectivity index (χ1) is 5.59. The summed E-state index contributed by atoms with van der Waals surface area (Å²) in [5, 5.41) is 0. The van der Waals surface area contributed by atoms with E-state index in [2.05, 4.69) is 4.36 Å². The molecule has 0 fully saturated rings. The van der Waals surface area contributed by atoms with Crippen LogP contribution in [0.1, 0.15) is 0 Å². The highest BCUT2D eigenvalue weighted by Gasteiger charge is 1.95. The molecule has 0 aromatic heterocycles. The van der Waals surface area contributed by atoms with E-state index < -0.39 is 10.5 Å². The van der Waals surface area contributed by atoms with E-state index in [1.54, 1.807) is 0 Å². The average Bonchev–Trinajstić information content (AvgIpc) is 1.96. The van der Waals surface area contributed by atoms with E-state index in [0.29, 0.717) is 11.4 Å². The van der Waals surface area contributed by atoms with Gasteiger partial charge in [-0.3, -0.25) is 0 Å². The zero-order valence-electron chi connectivity index (χ0n) is 6.06. The fraction of sp³-hybridized carbons (Fsp3) is 0. The standard InChI is InChI=1S/C6H7N3O2S/c7-5-2-1-4(3-6(5)8)9-12(10)11/h1-3H,7-8H2. The highest BCUT2D eigenvalue weighted by molar-refractivity contribution is 7.61. The Balaban J connectivity index is 3.23. The van der Waals surface area contributed by atoms with Crippen molar-refractivity contribution in [3.8, 4) is 0 Å². The Morgan fingerprint density at radius 3 is 2.33 bits per heavy atom. The average molecular weight is 185 g/mol. The fourth-order valence-corrected chi connectivity index (χ4v) is 0.991. The molecule has 0 unspecified atom stereocenters. The molecule has 0 amide bonds. The van der Waals surface area contributed by atoms with Gasteiger partial charge in [0, 0.05) is 0 Å². The van der Waals surface area contributed by atoms with Crippen LogP contribution in [0.2, 0.25) is 0 Å². The predicted octanol–water partition coefficient (Wildman–Crippen LogP) is 0.545. The zero-order chi connectivity index (χ0) is 9.14. The minimum Gasteiger partial charge on any atom is -0.397 e. The minimum atomic E-state index is -2.45. The third-order valence-electron chi connectivity index (χ3n) is 1.25. The van der Waals surface area contributed by atoms with E-state index in [1.807, 2.05) is 0 Å². The van der Waals surface area contributed by atoms with Gasteiger partial charge in [0.1, 0.15) is 0 Å². The fourth-order valence-electron chi connectivity index (χ4n) is 0.705. The SMILES string of the molecule is Nc1ccc(N=S(=O)=O)cc1N. The second-order valence-electron chi connectivity index (χ2n) is 2.12. The Labute approximate surface area is 70.7 Å². The highest BCUT2D eigenvalue weighted by atomic mass is 32.2. The van der Waals surface area contributed by atoms with E-state index in [-0.39, 0.29) is 5.69 Å². The molecule has 0 radical (unpaired) electrons. The molecule has 0 aliphatic rings. The molecule has 1 aromatic carbocycles. The van der Waals surface area contributed by atoms with Crippen LogP contribution in [0.4, 0.5) is 17.1 Å². The van der Waals surface area contributed by atoms with Crippen LogP contribution in [0.3, 0.4) is 0 Å². The van der Waals surface area contributed by atoms with Gasteiger partial charge in [0.15, 0.2) is 0 Å². The Kier molecular flexibility index (Phi) is 2.29. The molecule has 0 bridgehead atoms. The molecule has 0 heterocycles. The summed E-state index contributed by atoms with van der Waals surface area (Å²) >= 11 is 0. The van der Waals surface area contributed by atoms with Gasteiger partial charge in [-0.05, 0) is 18.2 Å². The van der Waals surface area contributed by atoms with Crippen LogP contribution in [0.5, 0.6) is 0 Å². The minimum absolute atomic E-state index is 0.273. The lowest BCUT2D eigenvalue weighted by atomic mass is 10.2. The van der Waals surface area contributed by atoms with Gasteiger partial charge in [-0.15, -0.1) is 4.36 Å². The van der Waals surface area contributed by atoms with E-state index >= 15 is 0 Å². The summed E-state index contributed by atoms with van der Waals surface area (Å²) in [5.41, 5.74) is 11.8. The topological polar surface area (TPSA) is 98.5 Å². The van der Waals surface area contributed by atoms with Gasteiger partial charge in [-0.25, -0.2) is 0 Å². The summed E-state index contributed by atoms with van der Waals surface area (Å²) in [7, 11) is -2.45. The maximum absolute atomic E-state index is 10.1. The van der Waals surface area contributed by atoms with Crippen molar-refractivity contribution in [1.82, 2.24) is 0 Å². The number of rotatable bonds is 1. The smallest absolute Gasteiger partial charge is 0.316 e. The number of anilines is 2. The molecule has 64 valence electrons. The van der Waals surface area contributed by atoms with Crippen LogP contribution in [-0.2, 0) is 10.5 Å². The third-order valence-corrected chi connectivity index (χ3v) is 1.61. The lowest BCUT2D eigenvalue weighted by molar-refractivity contribution is 0.622. The lowest BCUT2D eigenvalue weighted by Crippen LogP contribution is -1.92. The van der Waals surface area contributed by atoms with E-state index in [9.17, 15) is 8.42 Å². The van der Waals surface area contributed by atoms with Crippen LogP contribution >= 0.6 is 0 Å². The van der Waals surface area contributed by atoms with Crippen LogP contribution in [0.15, 0.2) is 22.6 Å². The van der Waals surface area contributed by atoms with Gasteiger partial charge in [0.2, 0.25) is 0 Å². The highest BCUT2D eigenvalue weighted by Crippen LogP contribution is 2.21. The van der Waals surface area contributed by atoms with Crippen molar-refractivity contribution in [2.75, 3.05) is 11.5 Å². The first-order valence-electron chi connectivity index (χ1n) is 3.05. The summed E-state index contributed by atoms with van der Waals surface area (Å²) in [6.07, 6.45) is 0. The lowest BCUT2D eigenvalue weighted by Gasteiger charge is -1.97. The molecule has 0 atom stereocenters. The Hall–Kier alpha value is -1.56. The van der Waals surface area contributed by atoms with Crippen LogP contribution in [0.25, 0.3) is 0 Å². The summed E-state index contributed by atoms with van der Waals surface area (Å²) in [6.45, 7) is 0. The quantitative estimate of drug-likeness (QED) is 0.624. The Morgan fingerprint density at radius 2 is 1.83 bits per heavy atom. The summed E-state index contributed by atoms with van der Waals surface area (Å²) in [4.78, 5) is 0. The van der Waals surface area contributed by atoms with Crippen molar-refractivity contribution >= 4 is 27.6 Å². The van der Waals surface area contributed by atoms with Gasteiger partial charge < -0.3 is 11.5 Å². The molecule has 12 heavy (non-hydrogen) atoms. The van der Waals surface area contributed by atoms with Crippen molar-refractivity contribution in [2.45, 2.75) is 0 Å². The van der Waals surface area contributed by atoms with E-state index in [0.717, 1.165) is 0 Å². The van der Waals surface area contributed by atoms with Crippen molar-refractivity contribution in [3.05, 3.63) is 18.2 Å². The number of nitrogen functional groups attached to an aromatic ring is 2. The Bertz CT molecular complexity index is 416. The second-order valence-corrected chi connectivity index (χ2v) is 2.74. The van der Waals surface area contributed by atoms with Crippen LogP contribution < -0.4 is 11.5 Å². The largest absolute Gasteiger partial charge is 0.397 e. The predicted molar refractivity (Wildman–Crippen MR) is 46.3 cm³/mol. The molecule has 5 nitrogen and oxygen atoms in total. The molecule has 0 aliphatic heterocycles. The maximum atomic E-state index is 10.1. The summed E-state index contributed by atoms with van der Waals surface area (Å²) in [6, 6.07) is 4.37. The summed E-state index contributed by atoms with van der Waals surface area (Å²) in [5.74, 6) is 0. The number of nitrogens with two attached hydrogens (primary N) is 2. The molecule has 4 N–H and O–H groups in total. The molecule has 0 aliphatic carbocycles. The molecule has 1 aromatic rings. The monoisotopic (exact) mass is 185 g/mol. The van der Waals surface area contributed by atoms with Gasteiger partial charge in [0.25, 0.3) is 0 Å². The van der Waals surface area contributed by atoms with Gasteiger partial charge in [-0.2, -0.15) is 8.42 Å². The zero-order valence-corrected chi connectivity index (χ0v) is 6.88. The number of benzene rings is 1. The van der Waals surface area contributed by atoms with Crippen LogP contribution in [-0.4, -0.2) is 8.42 Å². The Morgan fingerprint density at radius 1 is 1.17 bits per heavy atom. The first kappa shape index (κ1) is 8.54. The third kappa shape index (κ3) is 1.96. The van der Waals surface area contributed by atoms with Crippen LogP contribution in [0, 0.1) is 0 Å². The molecular formula is C6H7N3O2S. The van der Waals surface area contributed by atoms with Crippen molar-refractivity contribution in [1.29, 1.82) is 0 Å². The molecule has 0 saturated heterocycles. The molecule has 0 saturated carbocycles. The molecule has 6 heteroatoms. The van der Waals surface area contributed by atoms with E-state index in [1.165, 1.54) is 18.2 Å². The number of hydrogen-bond acceptors (Lipinski definition) is 5. The number of nitrogens with zero attached hydrogens (tertiary/aromatic N) is 1. The first-order valence-corrected chi connectivity index (χ1v) is 4.09. The van der Waals surface area contributed by atoms with Gasteiger partial charge in [0.05, 0.1) is 17.1 Å². The van der Waals surface area contributed by atoms with E-state index in [4.69, 9.17) is 11.5 Å². The normalized spacial score (nSPS) is 9.33. The second kappa shape index (κ2) is 3.22. The number of hydrogen-bond donors (Lipinski definition) is 2. The van der Waals surface area contributed by atoms with Gasteiger partial charge >= 0.3 is 10.5 Å². The van der Waals surface area contributed by atoms with Crippen molar-refractivity contribution in [2.24, 2.45) is 4.36 Å². The van der Waals surface area contributed by atoms with Crippen molar-refractivity contribution in [3.63, 3.8) is 0 Å². The maximum Gasteiger partial charge on any atom is 0.316 e.